The Morgan fingerprint density at radius 3 is 2.62 bits per heavy atom. The highest BCUT2D eigenvalue weighted by Gasteiger charge is 2.29. The molecule has 1 atom stereocenters. The topological polar surface area (TPSA) is 98.2 Å². The molecule has 0 saturated carbocycles. The van der Waals surface area contributed by atoms with E-state index in [-0.39, 0.29) is 36.9 Å². The summed E-state index contributed by atoms with van der Waals surface area (Å²) in [6, 6.07) is -0.166. The van der Waals surface area contributed by atoms with Crippen molar-refractivity contribution in [3.8, 4) is 0 Å². The van der Waals surface area contributed by atoms with Gasteiger partial charge < -0.3 is 19.8 Å². The van der Waals surface area contributed by atoms with Crippen LogP contribution in [0.25, 0.3) is 0 Å². The molecule has 2 heterocycles. The van der Waals surface area contributed by atoms with E-state index >= 15 is 0 Å². The molecule has 3 amide bonds. The molecule has 0 radical (unpaired) electrons. The van der Waals surface area contributed by atoms with Crippen LogP contribution in [0, 0.1) is 0 Å². The van der Waals surface area contributed by atoms with Gasteiger partial charge in [-0.1, -0.05) is 0 Å². The van der Waals surface area contributed by atoms with Crippen molar-refractivity contribution in [2.24, 2.45) is 0 Å². The number of hydrogen-bond acceptors (Lipinski definition) is 5. The van der Waals surface area contributed by atoms with E-state index < -0.39 is 5.97 Å². The maximum absolute atomic E-state index is 12.4. The fraction of sp³-hybridized carbons (Fsp3) is 0.733. The lowest BCUT2D eigenvalue weighted by molar-refractivity contribution is -0.145. The van der Waals surface area contributed by atoms with E-state index in [1.54, 1.807) is 9.80 Å². The third-order valence-electron chi connectivity index (χ3n) is 4.35. The minimum Gasteiger partial charge on any atom is -0.480 e. The van der Waals surface area contributed by atoms with Crippen molar-refractivity contribution in [3.63, 3.8) is 0 Å². The summed E-state index contributed by atoms with van der Waals surface area (Å²) in [5, 5.41) is 8.96. The quantitative estimate of drug-likeness (QED) is 0.734. The van der Waals surface area contributed by atoms with Crippen molar-refractivity contribution < 1.29 is 24.3 Å². The number of carboxylic acid groups (broad SMARTS) is 1. The Bertz CT molecular complexity index is 527. The number of nitrogens with zero attached hydrogens (tertiary/aromatic N) is 3. The van der Waals surface area contributed by atoms with E-state index in [0.717, 1.165) is 0 Å². The highest BCUT2D eigenvalue weighted by Crippen LogP contribution is 2.19. The second kappa shape index (κ2) is 8.36. The van der Waals surface area contributed by atoms with Gasteiger partial charge in [-0.2, -0.15) is 0 Å². The molecule has 1 N–H and O–H groups in total. The Labute approximate surface area is 145 Å². The molecule has 24 heavy (non-hydrogen) atoms. The van der Waals surface area contributed by atoms with Gasteiger partial charge in [0.2, 0.25) is 17.7 Å². The normalized spacial score (nSPS) is 21.5. The molecular weight excluding hydrogens is 334 g/mol. The Hall–Kier alpha value is -1.77. The van der Waals surface area contributed by atoms with E-state index in [1.807, 2.05) is 0 Å². The molecule has 0 aromatic carbocycles. The Kier molecular flexibility index (Phi) is 6.47. The first-order valence-electron chi connectivity index (χ1n) is 8.00. The molecule has 0 bridgehead atoms. The number of likely N-dealkylation sites (tertiary alicyclic amines) is 1. The van der Waals surface area contributed by atoms with Gasteiger partial charge in [0.05, 0.1) is 11.6 Å². The number of thioether (sulfide) groups is 1. The molecule has 2 fully saturated rings. The van der Waals surface area contributed by atoms with Gasteiger partial charge in [-0.3, -0.25) is 19.2 Å². The van der Waals surface area contributed by atoms with Crippen molar-refractivity contribution in [2.75, 3.05) is 37.8 Å². The molecule has 2 rings (SSSR count). The molecule has 2 saturated heterocycles. The van der Waals surface area contributed by atoms with Gasteiger partial charge in [0.1, 0.15) is 13.1 Å². The van der Waals surface area contributed by atoms with Gasteiger partial charge in [-0.15, -0.1) is 11.8 Å². The third kappa shape index (κ3) is 4.86. The van der Waals surface area contributed by atoms with Crippen LogP contribution in [0.2, 0.25) is 0 Å². The summed E-state index contributed by atoms with van der Waals surface area (Å²) in [7, 11) is 0. The SMILES string of the molecule is CC(=O)N(CC(=O)O)[C@H]1CCCN(C(=O)CN2CSCC2=O)CC1. The van der Waals surface area contributed by atoms with Crippen molar-refractivity contribution in [1.29, 1.82) is 0 Å². The molecule has 134 valence electrons. The van der Waals surface area contributed by atoms with Crippen molar-refractivity contribution in [2.45, 2.75) is 32.2 Å². The number of amides is 3. The standard InChI is InChI=1S/C15H23N3O5S/c1-11(19)18(8-15(22)23)12-3-2-5-16(6-4-12)13(20)7-17-10-24-9-14(17)21/h12H,2-10H2,1H3,(H,22,23)/t12-/m0/s1. The zero-order valence-corrected chi connectivity index (χ0v) is 14.6. The van der Waals surface area contributed by atoms with Crippen LogP contribution < -0.4 is 0 Å². The predicted octanol–water partition coefficient (Wildman–Crippen LogP) is -0.166. The molecule has 0 spiro atoms. The summed E-state index contributed by atoms with van der Waals surface area (Å²) in [6.07, 6.45) is 1.94. The fourth-order valence-corrected chi connectivity index (χ4v) is 3.99. The largest absolute Gasteiger partial charge is 0.480 e. The fourth-order valence-electron chi connectivity index (χ4n) is 3.09. The summed E-state index contributed by atoms with van der Waals surface area (Å²) in [6.45, 7) is 2.20. The smallest absolute Gasteiger partial charge is 0.323 e. The summed E-state index contributed by atoms with van der Waals surface area (Å²) >= 11 is 1.50. The van der Waals surface area contributed by atoms with Crippen molar-refractivity contribution in [1.82, 2.24) is 14.7 Å². The van der Waals surface area contributed by atoms with E-state index in [9.17, 15) is 19.2 Å². The molecule has 9 heteroatoms. The average molecular weight is 357 g/mol. The van der Waals surface area contributed by atoms with E-state index in [1.165, 1.54) is 23.6 Å². The van der Waals surface area contributed by atoms with Crippen LogP contribution in [0.1, 0.15) is 26.2 Å². The van der Waals surface area contributed by atoms with Gasteiger partial charge >= 0.3 is 5.97 Å². The average Bonchev–Trinajstić information content (AvgIpc) is 2.77. The van der Waals surface area contributed by atoms with Crippen LogP contribution in [0.5, 0.6) is 0 Å². The maximum Gasteiger partial charge on any atom is 0.323 e. The highest BCUT2D eigenvalue weighted by atomic mass is 32.2. The van der Waals surface area contributed by atoms with Gasteiger partial charge in [0.15, 0.2) is 0 Å². The summed E-state index contributed by atoms with van der Waals surface area (Å²) in [5.41, 5.74) is 0. The minimum atomic E-state index is -1.03. The van der Waals surface area contributed by atoms with Crippen LogP contribution in [-0.4, -0.2) is 87.3 Å². The molecule has 0 aliphatic carbocycles. The van der Waals surface area contributed by atoms with Crippen molar-refractivity contribution >= 4 is 35.5 Å². The zero-order chi connectivity index (χ0) is 17.7. The summed E-state index contributed by atoms with van der Waals surface area (Å²) < 4.78 is 0. The third-order valence-corrected chi connectivity index (χ3v) is 5.30. The summed E-state index contributed by atoms with van der Waals surface area (Å²) in [4.78, 5) is 51.3. The van der Waals surface area contributed by atoms with Crippen LogP contribution in [0.15, 0.2) is 0 Å². The zero-order valence-electron chi connectivity index (χ0n) is 13.8. The first kappa shape index (κ1) is 18.6. The molecule has 8 nitrogen and oxygen atoms in total. The number of hydrogen-bond donors (Lipinski definition) is 1. The molecule has 0 unspecified atom stereocenters. The van der Waals surface area contributed by atoms with Gasteiger partial charge in [0, 0.05) is 26.1 Å². The Balaban J connectivity index is 1.91. The monoisotopic (exact) mass is 357 g/mol. The molecule has 0 aromatic heterocycles. The lowest BCUT2D eigenvalue weighted by Gasteiger charge is -2.29. The van der Waals surface area contributed by atoms with E-state index in [2.05, 4.69) is 0 Å². The molecular formula is C15H23N3O5S. The number of aliphatic carboxylic acids is 1. The predicted molar refractivity (Wildman–Crippen MR) is 88.3 cm³/mol. The number of carbonyl (C=O) groups excluding carboxylic acids is 3. The second-order valence-corrected chi connectivity index (χ2v) is 7.03. The number of carboxylic acids is 1. The Morgan fingerprint density at radius 2 is 2.04 bits per heavy atom. The second-order valence-electron chi connectivity index (χ2n) is 6.08. The highest BCUT2D eigenvalue weighted by molar-refractivity contribution is 8.00. The van der Waals surface area contributed by atoms with E-state index in [0.29, 0.717) is 44.0 Å². The maximum atomic E-state index is 12.4. The molecule has 0 aromatic rings. The lowest BCUT2D eigenvalue weighted by Crippen LogP contribution is -2.44. The van der Waals surface area contributed by atoms with Crippen LogP contribution >= 0.6 is 11.8 Å². The minimum absolute atomic E-state index is 0.00902. The van der Waals surface area contributed by atoms with Crippen LogP contribution in [0.3, 0.4) is 0 Å². The number of carbonyl (C=O) groups is 4. The summed E-state index contributed by atoms with van der Waals surface area (Å²) in [5.74, 6) is -0.408. The Morgan fingerprint density at radius 1 is 1.29 bits per heavy atom. The van der Waals surface area contributed by atoms with Crippen LogP contribution in [0.4, 0.5) is 0 Å². The van der Waals surface area contributed by atoms with Gasteiger partial charge in [-0.05, 0) is 19.3 Å². The van der Waals surface area contributed by atoms with Gasteiger partial charge in [0.25, 0.3) is 0 Å². The van der Waals surface area contributed by atoms with Crippen molar-refractivity contribution in [3.05, 3.63) is 0 Å². The molecule has 2 aliphatic rings. The molecule has 2 aliphatic heterocycles. The lowest BCUT2D eigenvalue weighted by atomic mass is 10.1. The number of rotatable bonds is 5. The van der Waals surface area contributed by atoms with Gasteiger partial charge in [-0.25, -0.2) is 0 Å². The first-order chi connectivity index (χ1) is 11.4. The van der Waals surface area contributed by atoms with E-state index in [4.69, 9.17) is 5.11 Å². The first-order valence-corrected chi connectivity index (χ1v) is 9.16. The van der Waals surface area contributed by atoms with Crippen LogP contribution in [-0.2, 0) is 19.2 Å².